The van der Waals surface area contributed by atoms with Gasteiger partial charge in [0.2, 0.25) is 0 Å². The van der Waals surface area contributed by atoms with Crippen LogP contribution in [0.15, 0.2) is 18.2 Å². The molecule has 3 heteroatoms. The van der Waals surface area contributed by atoms with Gasteiger partial charge in [-0.05, 0) is 41.4 Å². The molecule has 18 heavy (non-hydrogen) atoms. The van der Waals surface area contributed by atoms with Gasteiger partial charge in [-0.25, -0.2) is 4.39 Å². The molecule has 1 heterocycles. The Balaban J connectivity index is 1.71. The molecule has 0 amide bonds. The molecule has 0 aromatic heterocycles. The minimum absolute atomic E-state index is 0.223. The molecule has 98 valence electrons. The Morgan fingerprint density at radius 2 is 1.83 bits per heavy atom. The van der Waals surface area contributed by atoms with Crippen LogP contribution in [0, 0.1) is 29.0 Å². The molecular formula is C15H19ClFN. The van der Waals surface area contributed by atoms with Gasteiger partial charge in [-0.2, -0.15) is 0 Å². The normalized spacial score (nSPS) is 30.5. The van der Waals surface area contributed by atoms with Crippen molar-refractivity contribution in [1.29, 1.82) is 0 Å². The average Bonchev–Trinajstić information content (AvgIpc) is 2.81. The van der Waals surface area contributed by atoms with E-state index in [2.05, 4.69) is 25.7 Å². The third-order valence-corrected chi connectivity index (χ3v) is 4.75. The number of hydrogen-bond donors (Lipinski definition) is 0. The summed E-state index contributed by atoms with van der Waals surface area (Å²) in [6.45, 7) is 9.17. The van der Waals surface area contributed by atoms with Gasteiger partial charge in [-0.3, -0.25) is 0 Å². The van der Waals surface area contributed by atoms with Crippen molar-refractivity contribution >= 4 is 17.3 Å². The third-order valence-electron chi connectivity index (χ3n) is 4.46. The van der Waals surface area contributed by atoms with E-state index in [4.69, 9.17) is 11.6 Å². The highest BCUT2D eigenvalue weighted by atomic mass is 35.5. The van der Waals surface area contributed by atoms with E-state index in [0.717, 1.165) is 36.5 Å². The second-order valence-electron chi connectivity index (χ2n) is 6.72. The lowest BCUT2D eigenvalue weighted by molar-refractivity contribution is 0.309. The van der Waals surface area contributed by atoms with Crippen molar-refractivity contribution in [2.24, 2.45) is 23.2 Å². The van der Waals surface area contributed by atoms with Crippen molar-refractivity contribution in [1.82, 2.24) is 0 Å². The lowest BCUT2D eigenvalue weighted by Crippen LogP contribution is -2.27. The van der Waals surface area contributed by atoms with Gasteiger partial charge in [0.1, 0.15) is 5.82 Å². The van der Waals surface area contributed by atoms with Gasteiger partial charge in [0.05, 0.1) is 5.02 Å². The number of rotatable bonds is 1. The van der Waals surface area contributed by atoms with Gasteiger partial charge < -0.3 is 4.90 Å². The smallest absolute Gasteiger partial charge is 0.141 e. The summed E-state index contributed by atoms with van der Waals surface area (Å²) in [6, 6.07) is 5.04. The molecule has 1 aliphatic heterocycles. The van der Waals surface area contributed by atoms with Crippen molar-refractivity contribution in [2.45, 2.75) is 20.8 Å². The van der Waals surface area contributed by atoms with Gasteiger partial charge in [-0.15, -0.1) is 0 Å². The van der Waals surface area contributed by atoms with Crippen LogP contribution in [0.5, 0.6) is 0 Å². The molecule has 1 aromatic carbocycles. The summed E-state index contributed by atoms with van der Waals surface area (Å²) < 4.78 is 13.1. The Labute approximate surface area is 113 Å². The van der Waals surface area contributed by atoms with Crippen LogP contribution >= 0.6 is 11.6 Å². The standard InChI is InChI=1S/C15H19ClFN/c1-15(2,3)14-10-7-18(8-11(10)14)9-4-5-13(17)12(16)6-9/h4-6,10-11,14H,7-8H2,1-3H3. The monoisotopic (exact) mass is 267 g/mol. The first-order valence-electron chi connectivity index (χ1n) is 6.58. The summed E-state index contributed by atoms with van der Waals surface area (Å²) >= 11 is 5.84. The van der Waals surface area contributed by atoms with Crippen molar-refractivity contribution < 1.29 is 4.39 Å². The number of piperidine rings is 1. The van der Waals surface area contributed by atoms with Gasteiger partial charge in [0.15, 0.2) is 0 Å². The van der Waals surface area contributed by atoms with E-state index in [-0.39, 0.29) is 10.8 Å². The molecule has 1 nitrogen and oxygen atoms in total. The number of fused-ring (bicyclic) bond motifs is 1. The fourth-order valence-corrected chi connectivity index (χ4v) is 3.88. The SMILES string of the molecule is CC(C)(C)C1C2CN(c3ccc(F)c(Cl)c3)CC21. The van der Waals surface area contributed by atoms with Crippen LogP contribution in [0.4, 0.5) is 10.1 Å². The lowest BCUT2D eigenvalue weighted by Gasteiger charge is -2.27. The van der Waals surface area contributed by atoms with Crippen LogP contribution in [0.25, 0.3) is 0 Å². The fourth-order valence-electron chi connectivity index (χ4n) is 3.70. The predicted octanol–water partition coefficient (Wildman–Crippen LogP) is 4.21. The second-order valence-corrected chi connectivity index (χ2v) is 7.13. The molecule has 1 saturated carbocycles. The van der Waals surface area contributed by atoms with Gasteiger partial charge in [-0.1, -0.05) is 32.4 Å². The minimum atomic E-state index is -0.336. The lowest BCUT2D eigenvalue weighted by atomic mass is 9.87. The summed E-state index contributed by atoms with van der Waals surface area (Å²) in [5.74, 6) is 2.14. The van der Waals surface area contributed by atoms with Crippen molar-refractivity contribution in [3.8, 4) is 0 Å². The third kappa shape index (κ3) is 1.91. The molecule has 3 rings (SSSR count). The van der Waals surface area contributed by atoms with Gasteiger partial charge in [0, 0.05) is 18.8 Å². The number of halogens is 2. The first-order valence-corrected chi connectivity index (χ1v) is 6.96. The van der Waals surface area contributed by atoms with Crippen molar-refractivity contribution in [3.63, 3.8) is 0 Å². The van der Waals surface area contributed by atoms with E-state index >= 15 is 0 Å². The molecule has 2 atom stereocenters. The largest absolute Gasteiger partial charge is 0.371 e. The van der Waals surface area contributed by atoms with Crippen LogP contribution in [-0.4, -0.2) is 13.1 Å². The number of anilines is 1. The summed E-state index contributed by atoms with van der Waals surface area (Å²) in [6.07, 6.45) is 0. The molecule has 1 aromatic rings. The maximum atomic E-state index is 13.1. The second kappa shape index (κ2) is 3.86. The molecule has 2 aliphatic rings. The molecule has 0 spiro atoms. The van der Waals surface area contributed by atoms with E-state index < -0.39 is 0 Å². The quantitative estimate of drug-likeness (QED) is 0.737. The number of benzene rings is 1. The molecule has 1 aliphatic carbocycles. The molecule has 0 N–H and O–H groups in total. The van der Waals surface area contributed by atoms with Crippen molar-refractivity contribution in [2.75, 3.05) is 18.0 Å². The highest BCUT2D eigenvalue weighted by molar-refractivity contribution is 6.31. The van der Waals surface area contributed by atoms with E-state index in [0.29, 0.717) is 5.41 Å². The molecule has 0 bridgehead atoms. The van der Waals surface area contributed by atoms with Crippen LogP contribution in [0.2, 0.25) is 5.02 Å². The molecule has 0 radical (unpaired) electrons. The highest BCUT2D eigenvalue weighted by Gasteiger charge is 2.59. The van der Waals surface area contributed by atoms with E-state index in [1.807, 2.05) is 6.07 Å². The predicted molar refractivity (Wildman–Crippen MR) is 73.5 cm³/mol. The molecular weight excluding hydrogens is 249 g/mol. The topological polar surface area (TPSA) is 3.24 Å². The number of hydrogen-bond acceptors (Lipinski definition) is 1. The number of nitrogens with zero attached hydrogens (tertiary/aromatic N) is 1. The van der Waals surface area contributed by atoms with Crippen LogP contribution in [-0.2, 0) is 0 Å². The summed E-state index contributed by atoms with van der Waals surface area (Å²) in [4.78, 5) is 2.34. The van der Waals surface area contributed by atoms with E-state index in [1.165, 1.54) is 6.07 Å². The van der Waals surface area contributed by atoms with Gasteiger partial charge >= 0.3 is 0 Å². The van der Waals surface area contributed by atoms with Crippen LogP contribution in [0.1, 0.15) is 20.8 Å². The van der Waals surface area contributed by atoms with Crippen molar-refractivity contribution in [3.05, 3.63) is 29.0 Å². The van der Waals surface area contributed by atoms with E-state index in [1.54, 1.807) is 6.07 Å². The first kappa shape index (κ1) is 12.3. The van der Waals surface area contributed by atoms with Gasteiger partial charge in [0.25, 0.3) is 0 Å². The summed E-state index contributed by atoms with van der Waals surface area (Å²) in [5, 5.41) is 0.223. The minimum Gasteiger partial charge on any atom is -0.371 e. The highest BCUT2D eigenvalue weighted by Crippen LogP contribution is 2.60. The Hall–Kier alpha value is -0.760. The zero-order chi connectivity index (χ0) is 13.1. The maximum Gasteiger partial charge on any atom is 0.141 e. The van der Waals surface area contributed by atoms with Crippen LogP contribution < -0.4 is 4.90 Å². The zero-order valence-electron chi connectivity index (χ0n) is 11.1. The fraction of sp³-hybridized carbons (Fsp3) is 0.600. The first-order chi connectivity index (χ1) is 8.38. The Bertz CT molecular complexity index is 468. The summed E-state index contributed by atoms with van der Waals surface area (Å²) in [5.41, 5.74) is 1.48. The molecule has 1 saturated heterocycles. The molecule has 2 unspecified atom stereocenters. The Morgan fingerprint density at radius 3 is 2.33 bits per heavy atom. The zero-order valence-corrected chi connectivity index (χ0v) is 11.8. The maximum absolute atomic E-state index is 13.1. The average molecular weight is 268 g/mol. The summed E-state index contributed by atoms with van der Waals surface area (Å²) in [7, 11) is 0. The van der Waals surface area contributed by atoms with Crippen LogP contribution in [0.3, 0.4) is 0 Å². The Morgan fingerprint density at radius 1 is 1.22 bits per heavy atom. The molecule has 2 fully saturated rings. The van der Waals surface area contributed by atoms with E-state index in [9.17, 15) is 4.39 Å². The Kier molecular flexibility index (Phi) is 2.64.